The minimum absolute atomic E-state index is 0.605. The summed E-state index contributed by atoms with van der Waals surface area (Å²) in [6.07, 6.45) is 1.75. The van der Waals surface area contributed by atoms with Crippen molar-refractivity contribution in [3.8, 4) is 5.69 Å². The zero-order valence-electron chi connectivity index (χ0n) is 7.00. The number of nitrogens with one attached hydrogen (secondary N) is 1. The van der Waals surface area contributed by atoms with Gasteiger partial charge in [0.15, 0.2) is 0 Å². The molecule has 0 fully saturated rings. The predicted octanol–water partition coefficient (Wildman–Crippen LogP) is 3.84. The van der Waals surface area contributed by atoms with Crippen molar-refractivity contribution >= 4 is 35.4 Å². The van der Waals surface area contributed by atoms with Crippen LogP contribution in [0, 0.1) is 4.64 Å². The van der Waals surface area contributed by atoms with E-state index in [1.807, 2.05) is 0 Å². The summed E-state index contributed by atoms with van der Waals surface area (Å²) in [6.45, 7) is 0. The fourth-order valence-electron chi connectivity index (χ4n) is 1.17. The molecule has 1 heterocycles. The lowest BCUT2D eigenvalue weighted by Gasteiger charge is -2.05. The number of nitrogens with zero attached hydrogens (tertiary/aromatic N) is 1. The average molecular weight is 245 g/mol. The van der Waals surface area contributed by atoms with E-state index in [-0.39, 0.29) is 0 Å². The highest BCUT2D eigenvalue weighted by molar-refractivity contribution is 7.71. The Kier molecular flexibility index (Phi) is 2.63. The van der Waals surface area contributed by atoms with Crippen LogP contribution in [0.4, 0.5) is 0 Å². The predicted molar refractivity (Wildman–Crippen MR) is 61.0 cm³/mol. The largest absolute Gasteiger partial charge is 0.300 e. The van der Waals surface area contributed by atoms with E-state index in [0.29, 0.717) is 14.7 Å². The summed E-state index contributed by atoms with van der Waals surface area (Å²) in [4.78, 5) is 0. The van der Waals surface area contributed by atoms with Crippen molar-refractivity contribution in [1.82, 2.24) is 9.78 Å². The molecule has 5 heteroatoms. The van der Waals surface area contributed by atoms with Crippen LogP contribution in [0.5, 0.6) is 0 Å². The van der Waals surface area contributed by atoms with Gasteiger partial charge in [0.05, 0.1) is 10.7 Å². The van der Waals surface area contributed by atoms with Crippen LogP contribution in [0.2, 0.25) is 10.0 Å². The van der Waals surface area contributed by atoms with Crippen LogP contribution in [0.15, 0.2) is 30.5 Å². The number of aromatic nitrogens is 2. The van der Waals surface area contributed by atoms with Crippen LogP contribution < -0.4 is 0 Å². The van der Waals surface area contributed by atoms with Gasteiger partial charge in [0.2, 0.25) is 0 Å². The average Bonchev–Trinajstić information content (AvgIpc) is 2.56. The Morgan fingerprint density at radius 3 is 2.64 bits per heavy atom. The van der Waals surface area contributed by atoms with Gasteiger partial charge in [-0.2, -0.15) is 0 Å². The van der Waals surface area contributed by atoms with Crippen molar-refractivity contribution in [3.63, 3.8) is 0 Å². The van der Waals surface area contributed by atoms with Gasteiger partial charge in [0.1, 0.15) is 4.64 Å². The Balaban J connectivity index is 2.68. The molecule has 0 aliphatic rings. The van der Waals surface area contributed by atoms with Gasteiger partial charge in [-0.15, -0.1) is 0 Å². The molecule has 1 N–H and O–H groups in total. The summed E-state index contributed by atoms with van der Waals surface area (Å²) in [5.74, 6) is 0. The van der Waals surface area contributed by atoms with Gasteiger partial charge in [-0.1, -0.05) is 35.4 Å². The lowest BCUT2D eigenvalue weighted by molar-refractivity contribution is 0.869. The first-order chi connectivity index (χ1) is 6.68. The molecule has 1 aromatic heterocycles. The zero-order chi connectivity index (χ0) is 10.1. The second kappa shape index (κ2) is 3.77. The van der Waals surface area contributed by atoms with Crippen LogP contribution in [0.25, 0.3) is 5.69 Å². The maximum atomic E-state index is 6.01. The van der Waals surface area contributed by atoms with Crippen LogP contribution in [-0.4, -0.2) is 9.78 Å². The molecule has 0 atom stereocenters. The van der Waals surface area contributed by atoms with E-state index in [0.717, 1.165) is 5.69 Å². The molecule has 0 unspecified atom stereocenters. The first-order valence-electron chi connectivity index (χ1n) is 3.90. The Bertz CT molecular complexity index is 516. The maximum Gasteiger partial charge on any atom is 0.127 e. The Hall–Kier alpha value is -0.770. The topological polar surface area (TPSA) is 20.7 Å². The van der Waals surface area contributed by atoms with E-state index in [1.165, 1.54) is 0 Å². The number of hydrogen-bond acceptors (Lipinski definition) is 1. The smallest absolute Gasteiger partial charge is 0.127 e. The summed E-state index contributed by atoms with van der Waals surface area (Å²) in [5.41, 5.74) is 0.758. The molecule has 14 heavy (non-hydrogen) atoms. The van der Waals surface area contributed by atoms with Crippen LogP contribution in [0.1, 0.15) is 0 Å². The van der Waals surface area contributed by atoms with E-state index >= 15 is 0 Å². The van der Waals surface area contributed by atoms with Crippen LogP contribution in [-0.2, 0) is 0 Å². The van der Waals surface area contributed by atoms with Gasteiger partial charge in [0.25, 0.3) is 0 Å². The molecule has 72 valence electrons. The fraction of sp³-hybridized carbons (Fsp3) is 0. The Morgan fingerprint density at radius 2 is 2.00 bits per heavy atom. The fourth-order valence-corrected chi connectivity index (χ4v) is 1.75. The molecule has 2 nitrogen and oxygen atoms in total. The molecular formula is C9H6Cl2N2S. The summed E-state index contributed by atoms with van der Waals surface area (Å²) >= 11 is 17.0. The van der Waals surface area contributed by atoms with Crippen molar-refractivity contribution in [2.45, 2.75) is 0 Å². The molecule has 0 saturated heterocycles. The summed E-state index contributed by atoms with van der Waals surface area (Å²) in [6, 6.07) is 7.02. The SMILES string of the molecule is S=c1cc[nH]n1-c1cc(Cl)ccc1Cl. The van der Waals surface area contributed by atoms with Gasteiger partial charge in [-0.05, 0) is 24.3 Å². The molecule has 0 saturated carbocycles. The van der Waals surface area contributed by atoms with E-state index in [4.69, 9.17) is 35.4 Å². The summed E-state index contributed by atoms with van der Waals surface area (Å²) < 4.78 is 2.36. The maximum absolute atomic E-state index is 6.01. The minimum atomic E-state index is 0.605. The van der Waals surface area contributed by atoms with Gasteiger partial charge in [-0.25, -0.2) is 4.68 Å². The van der Waals surface area contributed by atoms with Gasteiger partial charge >= 0.3 is 0 Å². The zero-order valence-corrected chi connectivity index (χ0v) is 9.33. The van der Waals surface area contributed by atoms with Gasteiger partial charge < -0.3 is 5.10 Å². The molecule has 0 aliphatic carbocycles. The third-order valence-electron chi connectivity index (χ3n) is 1.80. The molecule has 1 aromatic carbocycles. The van der Waals surface area contributed by atoms with Crippen molar-refractivity contribution in [2.75, 3.05) is 0 Å². The number of hydrogen-bond donors (Lipinski definition) is 1. The number of halogens is 2. The Morgan fingerprint density at radius 1 is 1.21 bits per heavy atom. The van der Waals surface area contributed by atoms with E-state index in [9.17, 15) is 0 Å². The third kappa shape index (κ3) is 1.71. The highest BCUT2D eigenvalue weighted by Crippen LogP contribution is 2.23. The van der Waals surface area contributed by atoms with Crippen molar-refractivity contribution in [1.29, 1.82) is 0 Å². The summed E-state index contributed by atoms with van der Waals surface area (Å²) in [5, 5.41) is 4.19. The molecule has 0 radical (unpaired) electrons. The number of rotatable bonds is 1. The first-order valence-corrected chi connectivity index (χ1v) is 5.07. The summed E-state index contributed by atoms with van der Waals surface area (Å²) in [7, 11) is 0. The second-order valence-corrected chi connectivity index (χ2v) is 3.99. The van der Waals surface area contributed by atoms with Gasteiger partial charge in [-0.3, -0.25) is 0 Å². The van der Waals surface area contributed by atoms with E-state index < -0.39 is 0 Å². The van der Waals surface area contributed by atoms with E-state index in [1.54, 1.807) is 35.1 Å². The monoisotopic (exact) mass is 244 g/mol. The molecule has 0 amide bonds. The van der Waals surface area contributed by atoms with Crippen molar-refractivity contribution in [2.24, 2.45) is 0 Å². The minimum Gasteiger partial charge on any atom is -0.300 e. The van der Waals surface area contributed by atoms with Gasteiger partial charge in [0, 0.05) is 11.2 Å². The lowest BCUT2D eigenvalue weighted by Crippen LogP contribution is -1.96. The lowest BCUT2D eigenvalue weighted by atomic mass is 10.3. The second-order valence-electron chi connectivity index (χ2n) is 2.73. The van der Waals surface area contributed by atoms with Crippen LogP contribution >= 0.6 is 35.4 Å². The molecule has 0 bridgehead atoms. The third-order valence-corrected chi connectivity index (χ3v) is 2.67. The molecule has 0 spiro atoms. The number of aromatic amines is 1. The van der Waals surface area contributed by atoms with E-state index in [2.05, 4.69) is 5.10 Å². The first kappa shape index (κ1) is 9.77. The number of H-pyrrole nitrogens is 1. The highest BCUT2D eigenvalue weighted by atomic mass is 35.5. The van der Waals surface area contributed by atoms with Crippen molar-refractivity contribution in [3.05, 3.63) is 45.1 Å². The molecule has 0 aliphatic heterocycles. The van der Waals surface area contributed by atoms with Crippen molar-refractivity contribution < 1.29 is 0 Å². The number of benzene rings is 1. The highest BCUT2D eigenvalue weighted by Gasteiger charge is 2.04. The Labute approximate surface area is 96.1 Å². The molecular weight excluding hydrogens is 239 g/mol. The quantitative estimate of drug-likeness (QED) is 0.757. The van der Waals surface area contributed by atoms with Crippen LogP contribution in [0.3, 0.4) is 0 Å². The molecule has 2 aromatic rings. The standard InChI is InChI=1S/C9H6Cl2N2S/c10-6-1-2-7(11)8(5-6)13-9(14)3-4-12-13/h1-5,12H. The normalized spacial score (nSPS) is 10.4. The molecule has 2 rings (SSSR count).